The number of Topliss-reactive ketones (excluding diaryl/α,β-unsaturated/α-hetero) is 1. The van der Waals surface area contributed by atoms with E-state index in [1.807, 2.05) is 24.3 Å². The van der Waals surface area contributed by atoms with Gasteiger partial charge < -0.3 is 19.8 Å². The first-order chi connectivity index (χ1) is 17.0. The zero-order valence-corrected chi connectivity index (χ0v) is 19.5. The number of ketones is 1. The van der Waals surface area contributed by atoms with Gasteiger partial charge in [0.25, 0.3) is 5.91 Å². The first kappa shape index (κ1) is 21.4. The number of aromatic nitrogens is 1. The van der Waals surface area contributed by atoms with Crippen LogP contribution in [0.3, 0.4) is 0 Å². The Kier molecular flexibility index (Phi) is 4.88. The molecule has 6 rings (SSSR count). The highest BCUT2D eigenvalue weighted by molar-refractivity contribution is 6.20. The van der Waals surface area contributed by atoms with Crippen molar-refractivity contribution in [3.63, 3.8) is 0 Å². The van der Waals surface area contributed by atoms with Crippen LogP contribution < -0.4 is 10.1 Å². The van der Waals surface area contributed by atoms with Gasteiger partial charge in [0, 0.05) is 40.4 Å². The number of ether oxygens (including phenoxy) is 2. The summed E-state index contributed by atoms with van der Waals surface area (Å²) < 4.78 is 10.1. The second-order valence-corrected chi connectivity index (χ2v) is 9.05. The zero-order valence-electron chi connectivity index (χ0n) is 19.5. The predicted octanol–water partition coefficient (Wildman–Crippen LogP) is 4.47. The highest BCUT2D eigenvalue weighted by Crippen LogP contribution is 2.46. The van der Waals surface area contributed by atoms with Crippen LogP contribution in [0.1, 0.15) is 50.2 Å². The first-order valence-electron chi connectivity index (χ1n) is 11.7. The van der Waals surface area contributed by atoms with Crippen LogP contribution in [0.25, 0.3) is 32.9 Å². The summed E-state index contributed by atoms with van der Waals surface area (Å²) in [6.45, 7) is 0.441. The molecule has 7 heteroatoms. The normalized spacial score (nSPS) is 13.8. The monoisotopic (exact) mass is 468 g/mol. The molecule has 4 aromatic rings. The molecule has 0 fully saturated rings. The Morgan fingerprint density at radius 3 is 2.63 bits per heavy atom. The second kappa shape index (κ2) is 7.98. The summed E-state index contributed by atoms with van der Waals surface area (Å²) in [6.07, 6.45) is 1.78. The van der Waals surface area contributed by atoms with E-state index in [4.69, 9.17) is 4.74 Å². The number of carbonyl (C=O) groups is 3. The van der Waals surface area contributed by atoms with Crippen molar-refractivity contribution in [3.8, 4) is 16.9 Å². The molecule has 2 N–H and O–H groups in total. The number of esters is 1. The molecule has 1 aliphatic heterocycles. The third-order valence-electron chi connectivity index (χ3n) is 7.24. The van der Waals surface area contributed by atoms with Crippen molar-refractivity contribution in [1.82, 2.24) is 10.3 Å². The molecule has 0 bridgehead atoms. The number of H-pyrrole nitrogens is 1. The highest BCUT2D eigenvalue weighted by Gasteiger charge is 2.33. The maximum Gasteiger partial charge on any atom is 0.305 e. The van der Waals surface area contributed by atoms with E-state index in [-0.39, 0.29) is 24.5 Å². The Morgan fingerprint density at radius 1 is 0.971 bits per heavy atom. The quantitative estimate of drug-likeness (QED) is 0.333. The Morgan fingerprint density at radius 2 is 1.83 bits per heavy atom. The van der Waals surface area contributed by atoms with E-state index in [0.717, 1.165) is 68.2 Å². The molecule has 0 radical (unpaired) electrons. The minimum Gasteiger partial charge on any atom is -0.497 e. The van der Waals surface area contributed by atoms with E-state index in [1.165, 1.54) is 12.7 Å². The Balaban J connectivity index is 1.56. The van der Waals surface area contributed by atoms with Gasteiger partial charge in [-0.15, -0.1) is 0 Å². The van der Waals surface area contributed by atoms with Gasteiger partial charge in [-0.2, -0.15) is 0 Å². The Labute approximate surface area is 201 Å². The maximum absolute atomic E-state index is 13.1. The number of aryl methyl sites for hydroxylation is 2. The second-order valence-electron chi connectivity index (χ2n) is 9.05. The molecule has 0 saturated carbocycles. The summed E-state index contributed by atoms with van der Waals surface area (Å²) in [5, 5.41) is 4.92. The van der Waals surface area contributed by atoms with Crippen molar-refractivity contribution in [3.05, 3.63) is 64.2 Å². The molecule has 1 aliphatic carbocycles. The van der Waals surface area contributed by atoms with E-state index < -0.39 is 5.97 Å². The van der Waals surface area contributed by atoms with Crippen LogP contribution in [0.15, 0.2) is 36.4 Å². The summed E-state index contributed by atoms with van der Waals surface area (Å²) >= 11 is 0. The number of hydrogen-bond acceptors (Lipinski definition) is 5. The van der Waals surface area contributed by atoms with E-state index in [9.17, 15) is 14.4 Å². The number of rotatable bonds is 5. The van der Waals surface area contributed by atoms with Crippen molar-refractivity contribution in [2.24, 2.45) is 0 Å². The lowest BCUT2D eigenvalue weighted by molar-refractivity contribution is -0.140. The van der Waals surface area contributed by atoms with Gasteiger partial charge in [0.2, 0.25) is 0 Å². The molecule has 176 valence electrons. The number of nitrogens with one attached hydrogen (secondary N) is 2. The average Bonchev–Trinajstić information content (AvgIpc) is 3.46. The number of hydrogen-bond donors (Lipinski definition) is 2. The van der Waals surface area contributed by atoms with Crippen LogP contribution in [-0.4, -0.2) is 36.9 Å². The standard InChI is InChI=1S/C28H24N2O5/c1-34-16-5-7-17-14(11-16)3-6-18-24(17)26-20(13-29-28(26)33)25-19-12-15(4-8-21(19)30-27(18)25)22(31)9-10-23(32)35-2/h4-5,7-8,11-12,30H,3,6,9-10,13H2,1-2H3,(H,29,33). The largest absolute Gasteiger partial charge is 0.497 e. The minimum atomic E-state index is -0.404. The number of methoxy groups -OCH3 is 2. The molecule has 0 unspecified atom stereocenters. The Hall–Kier alpha value is -4.13. The number of aromatic amines is 1. The van der Waals surface area contributed by atoms with Gasteiger partial charge in [-0.25, -0.2) is 0 Å². The van der Waals surface area contributed by atoms with Crippen LogP contribution >= 0.6 is 0 Å². The zero-order chi connectivity index (χ0) is 24.3. The Bertz CT molecular complexity index is 1580. The smallest absolute Gasteiger partial charge is 0.305 e. The van der Waals surface area contributed by atoms with Crippen LogP contribution in [0, 0.1) is 0 Å². The van der Waals surface area contributed by atoms with E-state index in [1.54, 1.807) is 13.2 Å². The van der Waals surface area contributed by atoms with Gasteiger partial charge in [0.1, 0.15) is 5.75 Å². The number of fused-ring (bicyclic) bond motifs is 10. The summed E-state index contributed by atoms with van der Waals surface area (Å²) in [5.74, 6) is 0.225. The molecule has 0 spiro atoms. The summed E-state index contributed by atoms with van der Waals surface area (Å²) in [7, 11) is 2.97. The van der Waals surface area contributed by atoms with Crippen LogP contribution in [0.4, 0.5) is 0 Å². The SMILES string of the molecule is COC(=O)CCC(=O)c1ccc2[nH]c3c4c(c5c(c3c2c1)CNC5=O)-c1ccc(OC)cc1CC4. The van der Waals surface area contributed by atoms with Gasteiger partial charge >= 0.3 is 5.97 Å². The summed E-state index contributed by atoms with van der Waals surface area (Å²) in [5.41, 5.74) is 8.52. The van der Waals surface area contributed by atoms with E-state index in [0.29, 0.717) is 12.1 Å². The van der Waals surface area contributed by atoms with Crippen LogP contribution in [0.5, 0.6) is 5.75 Å². The van der Waals surface area contributed by atoms with Crippen LogP contribution in [0.2, 0.25) is 0 Å². The maximum atomic E-state index is 13.1. The molecule has 1 aromatic heterocycles. The third kappa shape index (κ3) is 3.22. The molecular formula is C28H24N2O5. The molecular weight excluding hydrogens is 444 g/mol. The highest BCUT2D eigenvalue weighted by atomic mass is 16.5. The van der Waals surface area contributed by atoms with Gasteiger partial charge in [-0.3, -0.25) is 14.4 Å². The van der Waals surface area contributed by atoms with Crippen molar-refractivity contribution in [2.75, 3.05) is 14.2 Å². The number of benzene rings is 3. The summed E-state index contributed by atoms with van der Waals surface area (Å²) in [4.78, 5) is 40.9. The molecule has 3 aromatic carbocycles. The fraction of sp³-hybridized carbons (Fsp3) is 0.250. The number of amides is 1. The van der Waals surface area contributed by atoms with Crippen molar-refractivity contribution >= 4 is 39.5 Å². The minimum absolute atomic E-state index is 0.0484. The molecule has 7 nitrogen and oxygen atoms in total. The van der Waals surface area contributed by atoms with E-state index in [2.05, 4.69) is 21.1 Å². The van der Waals surface area contributed by atoms with Crippen molar-refractivity contribution < 1.29 is 23.9 Å². The van der Waals surface area contributed by atoms with Gasteiger partial charge in [-0.05, 0) is 65.4 Å². The van der Waals surface area contributed by atoms with Crippen molar-refractivity contribution in [1.29, 1.82) is 0 Å². The van der Waals surface area contributed by atoms with Gasteiger partial charge in [0.15, 0.2) is 5.78 Å². The first-order valence-corrected chi connectivity index (χ1v) is 11.7. The lowest BCUT2D eigenvalue weighted by atomic mass is 9.80. The van der Waals surface area contributed by atoms with Gasteiger partial charge in [0.05, 0.1) is 31.7 Å². The average molecular weight is 469 g/mol. The molecule has 0 saturated heterocycles. The van der Waals surface area contributed by atoms with E-state index >= 15 is 0 Å². The third-order valence-corrected chi connectivity index (χ3v) is 7.24. The molecule has 35 heavy (non-hydrogen) atoms. The number of carbonyl (C=O) groups excluding carboxylic acids is 3. The molecule has 1 amide bonds. The van der Waals surface area contributed by atoms with Crippen LogP contribution in [-0.2, 0) is 28.9 Å². The van der Waals surface area contributed by atoms with Gasteiger partial charge in [-0.1, -0.05) is 6.07 Å². The molecule has 0 atom stereocenters. The fourth-order valence-corrected chi connectivity index (χ4v) is 5.56. The topological polar surface area (TPSA) is 97.5 Å². The fourth-order valence-electron chi connectivity index (χ4n) is 5.56. The molecule has 2 heterocycles. The lowest BCUT2D eigenvalue weighted by Crippen LogP contribution is -2.15. The molecule has 2 aliphatic rings. The summed E-state index contributed by atoms with van der Waals surface area (Å²) in [6, 6.07) is 11.6. The lowest BCUT2D eigenvalue weighted by Gasteiger charge is -2.23. The van der Waals surface area contributed by atoms with Crippen molar-refractivity contribution in [2.45, 2.75) is 32.2 Å². The predicted molar refractivity (Wildman–Crippen MR) is 132 cm³/mol.